The minimum atomic E-state index is -0.953. The van der Waals surface area contributed by atoms with Crippen molar-refractivity contribution in [3.05, 3.63) is 90.0 Å². The van der Waals surface area contributed by atoms with Crippen molar-refractivity contribution in [2.75, 3.05) is 4.90 Å². The molecular formula is C29H30N6O3. The first-order valence-electron chi connectivity index (χ1n) is 12.8. The molecule has 0 aliphatic heterocycles. The fourth-order valence-electron chi connectivity index (χ4n) is 4.78. The highest BCUT2D eigenvalue weighted by atomic mass is 16.3. The van der Waals surface area contributed by atoms with Crippen LogP contribution < -0.4 is 10.2 Å². The first-order valence-corrected chi connectivity index (χ1v) is 12.8. The number of carbonyl (C=O) groups excluding carboxylic acids is 2. The highest BCUT2D eigenvalue weighted by Crippen LogP contribution is 2.30. The summed E-state index contributed by atoms with van der Waals surface area (Å²) in [6.45, 7) is 1.79. The quantitative estimate of drug-likeness (QED) is 0.368. The lowest BCUT2D eigenvalue weighted by molar-refractivity contribution is -0.127. The second-order valence-electron chi connectivity index (χ2n) is 9.59. The van der Waals surface area contributed by atoms with Crippen LogP contribution in [-0.4, -0.2) is 43.2 Å². The standard InChI is InChI=1S/C29H30N6O3/c1-20-11-13-22(14-12-20)28-31-33-34(32-28)19-26(37)35(24-9-3-2-4-10-24)27(21-15-17-25(36)18-16-21)29(38)30-23-7-5-6-8-23/h2-4,9-18,23,27,36H,5-8,19H2,1H3,(H,30,38)/t27-/m1/s1. The molecule has 0 radical (unpaired) electrons. The van der Waals surface area contributed by atoms with E-state index in [1.54, 1.807) is 24.3 Å². The molecule has 5 rings (SSSR count). The fourth-order valence-corrected chi connectivity index (χ4v) is 4.78. The van der Waals surface area contributed by atoms with Gasteiger partial charge in [0.2, 0.25) is 11.7 Å². The van der Waals surface area contributed by atoms with Gasteiger partial charge in [-0.15, -0.1) is 10.2 Å². The molecule has 0 saturated heterocycles. The molecule has 1 aliphatic carbocycles. The SMILES string of the molecule is Cc1ccc(-c2nnn(CC(=O)N(c3ccccc3)[C@@H](C(=O)NC3CCCC3)c3ccc(O)cc3)n2)cc1. The van der Waals surface area contributed by atoms with Crippen LogP contribution in [0.25, 0.3) is 11.4 Å². The summed E-state index contributed by atoms with van der Waals surface area (Å²) in [7, 11) is 0. The molecule has 4 aromatic rings. The number of aryl methyl sites for hydroxylation is 1. The third-order valence-corrected chi connectivity index (χ3v) is 6.76. The van der Waals surface area contributed by atoms with Crippen LogP contribution in [0.4, 0.5) is 5.69 Å². The summed E-state index contributed by atoms with van der Waals surface area (Å²) in [5, 5.41) is 25.6. The topological polar surface area (TPSA) is 113 Å². The van der Waals surface area contributed by atoms with Gasteiger partial charge in [-0.3, -0.25) is 14.5 Å². The summed E-state index contributed by atoms with van der Waals surface area (Å²) in [5.41, 5.74) is 3.07. The van der Waals surface area contributed by atoms with Crippen LogP contribution in [0.5, 0.6) is 5.75 Å². The largest absolute Gasteiger partial charge is 0.508 e. The first kappa shape index (κ1) is 25.1. The summed E-state index contributed by atoms with van der Waals surface area (Å²) >= 11 is 0. The third kappa shape index (κ3) is 5.72. The van der Waals surface area contributed by atoms with Crippen molar-refractivity contribution in [2.24, 2.45) is 0 Å². The molecule has 1 heterocycles. The number of tetrazole rings is 1. The number of hydrogen-bond acceptors (Lipinski definition) is 6. The highest BCUT2D eigenvalue weighted by molar-refractivity contribution is 6.01. The van der Waals surface area contributed by atoms with Crippen LogP contribution in [0.3, 0.4) is 0 Å². The second kappa shape index (κ2) is 11.2. The lowest BCUT2D eigenvalue weighted by atomic mass is 10.0. The lowest BCUT2D eigenvalue weighted by Gasteiger charge is -2.32. The number of aromatic nitrogens is 4. The van der Waals surface area contributed by atoms with Crippen molar-refractivity contribution in [2.45, 2.75) is 51.2 Å². The van der Waals surface area contributed by atoms with Gasteiger partial charge in [-0.1, -0.05) is 73.0 Å². The average Bonchev–Trinajstić information content (AvgIpc) is 3.61. The zero-order valence-corrected chi connectivity index (χ0v) is 21.2. The number of phenolic OH excluding ortho intramolecular Hbond substituents is 1. The molecule has 38 heavy (non-hydrogen) atoms. The molecule has 1 fully saturated rings. The number of aromatic hydroxyl groups is 1. The molecule has 9 nitrogen and oxygen atoms in total. The van der Waals surface area contributed by atoms with Gasteiger partial charge < -0.3 is 10.4 Å². The number of rotatable bonds is 8. The second-order valence-corrected chi connectivity index (χ2v) is 9.59. The van der Waals surface area contributed by atoms with Gasteiger partial charge in [0.25, 0.3) is 5.91 Å². The van der Waals surface area contributed by atoms with Crippen molar-refractivity contribution >= 4 is 17.5 Å². The van der Waals surface area contributed by atoms with E-state index in [2.05, 4.69) is 20.7 Å². The average molecular weight is 511 g/mol. The van der Waals surface area contributed by atoms with E-state index in [4.69, 9.17) is 0 Å². The molecule has 0 bridgehead atoms. The number of anilines is 1. The van der Waals surface area contributed by atoms with E-state index in [-0.39, 0.29) is 30.2 Å². The maximum Gasteiger partial charge on any atom is 0.251 e. The Morgan fingerprint density at radius 2 is 1.68 bits per heavy atom. The number of carbonyl (C=O) groups is 2. The van der Waals surface area contributed by atoms with Crippen LogP contribution in [0, 0.1) is 6.92 Å². The van der Waals surface area contributed by atoms with Gasteiger partial charge in [-0.25, -0.2) is 0 Å². The predicted molar refractivity (Wildman–Crippen MR) is 143 cm³/mol. The first-order chi connectivity index (χ1) is 18.5. The van der Waals surface area contributed by atoms with Crippen LogP contribution in [0.15, 0.2) is 78.9 Å². The number of amides is 2. The van der Waals surface area contributed by atoms with Crippen LogP contribution in [-0.2, 0) is 16.1 Å². The van der Waals surface area contributed by atoms with Gasteiger partial charge in [0.1, 0.15) is 18.3 Å². The van der Waals surface area contributed by atoms with Crippen molar-refractivity contribution in [3.63, 3.8) is 0 Å². The monoisotopic (exact) mass is 510 g/mol. The van der Waals surface area contributed by atoms with Gasteiger partial charge >= 0.3 is 0 Å². The Bertz CT molecular complexity index is 1380. The Hall–Kier alpha value is -4.53. The Labute approximate surface area is 221 Å². The summed E-state index contributed by atoms with van der Waals surface area (Å²) in [4.78, 5) is 30.4. The van der Waals surface area contributed by atoms with Gasteiger partial charge in [-0.05, 0) is 54.8 Å². The van der Waals surface area contributed by atoms with Gasteiger partial charge in [0, 0.05) is 17.3 Å². The van der Waals surface area contributed by atoms with Crippen LogP contribution in [0.2, 0.25) is 0 Å². The molecule has 0 spiro atoms. The molecule has 2 amide bonds. The number of nitrogens with zero attached hydrogens (tertiary/aromatic N) is 5. The van der Waals surface area contributed by atoms with Crippen molar-refractivity contribution in [1.82, 2.24) is 25.5 Å². The molecule has 3 aromatic carbocycles. The number of phenols is 1. The fraction of sp³-hybridized carbons (Fsp3) is 0.276. The Morgan fingerprint density at radius 3 is 2.37 bits per heavy atom. The molecule has 1 atom stereocenters. The van der Waals surface area contributed by atoms with Crippen molar-refractivity contribution in [3.8, 4) is 17.1 Å². The summed E-state index contributed by atoms with van der Waals surface area (Å²) in [6.07, 6.45) is 3.96. The molecule has 2 N–H and O–H groups in total. The number of nitrogens with one attached hydrogen (secondary N) is 1. The van der Waals surface area contributed by atoms with Crippen LogP contribution >= 0.6 is 0 Å². The van der Waals surface area contributed by atoms with Gasteiger partial charge in [0.15, 0.2) is 0 Å². The summed E-state index contributed by atoms with van der Waals surface area (Å²) in [5.74, 6) is -0.148. The number of hydrogen-bond donors (Lipinski definition) is 2. The van der Waals surface area contributed by atoms with Crippen molar-refractivity contribution in [1.29, 1.82) is 0 Å². The highest BCUT2D eigenvalue weighted by Gasteiger charge is 2.34. The van der Waals surface area contributed by atoms with E-state index in [0.29, 0.717) is 17.1 Å². The van der Waals surface area contributed by atoms with E-state index >= 15 is 0 Å². The van der Waals surface area contributed by atoms with Gasteiger partial charge in [-0.2, -0.15) is 4.80 Å². The molecule has 0 unspecified atom stereocenters. The van der Waals surface area contributed by atoms with E-state index < -0.39 is 6.04 Å². The lowest BCUT2D eigenvalue weighted by Crippen LogP contribution is -2.47. The molecule has 9 heteroatoms. The Kier molecular flexibility index (Phi) is 7.44. The third-order valence-electron chi connectivity index (χ3n) is 6.76. The van der Waals surface area contributed by atoms with E-state index in [0.717, 1.165) is 36.8 Å². The molecular weight excluding hydrogens is 480 g/mol. The maximum atomic E-state index is 13.9. The van der Waals surface area contributed by atoms with E-state index in [1.807, 2.05) is 49.4 Å². The minimum absolute atomic E-state index is 0.0730. The maximum absolute atomic E-state index is 13.9. The smallest absolute Gasteiger partial charge is 0.251 e. The van der Waals surface area contributed by atoms with Crippen LogP contribution in [0.1, 0.15) is 42.9 Å². The van der Waals surface area contributed by atoms with E-state index in [9.17, 15) is 14.7 Å². The normalized spacial score (nSPS) is 14.2. The predicted octanol–water partition coefficient (Wildman–Crippen LogP) is 4.19. The molecule has 194 valence electrons. The van der Waals surface area contributed by atoms with E-state index in [1.165, 1.54) is 21.8 Å². The molecule has 1 saturated carbocycles. The summed E-state index contributed by atoms with van der Waals surface area (Å²) < 4.78 is 0. The van der Waals surface area contributed by atoms with Crippen molar-refractivity contribution < 1.29 is 14.7 Å². The molecule has 1 aliphatic rings. The number of para-hydroxylation sites is 1. The molecule has 1 aromatic heterocycles. The van der Waals surface area contributed by atoms with Gasteiger partial charge in [0.05, 0.1) is 0 Å². The minimum Gasteiger partial charge on any atom is -0.508 e. The summed E-state index contributed by atoms with van der Waals surface area (Å²) in [6, 6.07) is 22.3. The Balaban J connectivity index is 1.48. The zero-order valence-electron chi connectivity index (χ0n) is 21.2. The Morgan fingerprint density at radius 1 is 1.00 bits per heavy atom. The number of benzene rings is 3. The zero-order chi connectivity index (χ0) is 26.5.